The van der Waals surface area contributed by atoms with Gasteiger partial charge in [-0.15, -0.1) is 0 Å². The van der Waals surface area contributed by atoms with Crippen molar-refractivity contribution in [3.63, 3.8) is 0 Å². The Morgan fingerprint density at radius 1 is 1.50 bits per heavy atom. The second-order valence-electron chi connectivity index (χ2n) is 4.28. The molecule has 0 spiro atoms. The Bertz CT molecular complexity index is 320. The molecule has 0 aromatic carbocycles. The highest BCUT2D eigenvalue weighted by atomic mass is 14.9. The third-order valence-electron chi connectivity index (χ3n) is 2.45. The van der Waals surface area contributed by atoms with E-state index in [2.05, 4.69) is 29.1 Å². The third kappa shape index (κ3) is 2.10. The van der Waals surface area contributed by atoms with Gasteiger partial charge in [-0.2, -0.15) is 0 Å². The topological polar surface area (TPSA) is 37.8 Å². The molecule has 3 heteroatoms. The lowest BCUT2D eigenvalue weighted by molar-refractivity contribution is 0.591. The lowest BCUT2D eigenvalue weighted by Crippen LogP contribution is -2.25. The molecule has 0 aliphatic carbocycles. The monoisotopic (exact) mass is 191 g/mol. The maximum Gasteiger partial charge on any atom is 0.128 e. The average Bonchev–Trinajstić information content (AvgIpc) is 2.17. The average molecular weight is 191 g/mol. The number of hydrogen-bond donors (Lipinski definition) is 1. The fourth-order valence-electron chi connectivity index (χ4n) is 1.74. The van der Waals surface area contributed by atoms with Gasteiger partial charge in [0.2, 0.25) is 0 Å². The van der Waals surface area contributed by atoms with E-state index in [1.54, 1.807) is 0 Å². The van der Waals surface area contributed by atoms with E-state index in [1.807, 2.05) is 6.20 Å². The summed E-state index contributed by atoms with van der Waals surface area (Å²) in [7, 11) is 0. The second-order valence-corrected chi connectivity index (χ2v) is 4.28. The van der Waals surface area contributed by atoms with Crippen LogP contribution in [0.1, 0.15) is 30.9 Å². The molecular weight excluding hydrogens is 174 g/mol. The van der Waals surface area contributed by atoms with E-state index in [4.69, 9.17) is 0 Å². The maximum absolute atomic E-state index is 4.60. The van der Waals surface area contributed by atoms with Crippen molar-refractivity contribution in [2.24, 2.45) is 5.92 Å². The largest absolute Gasteiger partial charge is 0.312 e. The third-order valence-corrected chi connectivity index (χ3v) is 2.45. The van der Waals surface area contributed by atoms with Gasteiger partial charge in [-0.25, -0.2) is 9.97 Å². The second kappa shape index (κ2) is 4.05. The van der Waals surface area contributed by atoms with E-state index in [0.717, 1.165) is 31.8 Å². The van der Waals surface area contributed by atoms with Crippen LogP contribution in [-0.2, 0) is 19.4 Å². The van der Waals surface area contributed by atoms with E-state index >= 15 is 0 Å². The van der Waals surface area contributed by atoms with E-state index < -0.39 is 0 Å². The van der Waals surface area contributed by atoms with Gasteiger partial charge in [0.1, 0.15) is 5.82 Å². The minimum Gasteiger partial charge on any atom is -0.312 e. The van der Waals surface area contributed by atoms with Crippen LogP contribution in [0.25, 0.3) is 0 Å². The maximum atomic E-state index is 4.60. The Balaban J connectivity index is 2.20. The fraction of sp³-hybridized carbons (Fsp3) is 0.636. The molecule has 0 amide bonds. The van der Waals surface area contributed by atoms with Crippen molar-refractivity contribution in [1.29, 1.82) is 0 Å². The number of aromatic nitrogens is 2. The molecule has 1 aliphatic rings. The van der Waals surface area contributed by atoms with Crippen molar-refractivity contribution >= 4 is 0 Å². The van der Waals surface area contributed by atoms with Gasteiger partial charge >= 0.3 is 0 Å². The number of nitrogens with zero attached hydrogens (tertiary/aromatic N) is 2. The highest BCUT2D eigenvalue weighted by Gasteiger charge is 2.11. The summed E-state index contributed by atoms with van der Waals surface area (Å²) in [4.78, 5) is 8.98. The zero-order valence-electron chi connectivity index (χ0n) is 8.88. The summed E-state index contributed by atoms with van der Waals surface area (Å²) in [6, 6.07) is 0. The lowest BCUT2D eigenvalue weighted by atomic mass is 10.1. The van der Waals surface area contributed by atoms with Crippen LogP contribution in [0.5, 0.6) is 0 Å². The van der Waals surface area contributed by atoms with Gasteiger partial charge in [0.25, 0.3) is 0 Å². The van der Waals surface area contributed by atoms with Gasteiger partial charge in [-0.05, 0) is 5.92 Å². The summed E-state index contributed by atoms with van der Waals surface area (Å²) in [5.41, 5.74) is 2.51. The zero-order valence-corrected chi connectivity index (χ0v) is 8.88. The van der Waals surface area contributed by atoms with Gasteiger partial charge in [-0.3, -0.25) is 0 Å². The van der Waals surface area contributed by atoms with Crippen molar-refractivity contribution in [3.8, 4) is 0 Å². The molecule has 1 aromatic heterocycles. The van der Waals surface area contributed by atoms with E-state index in [-0.39, 0.29) is 0 Å². The molecule has 0 unspecified atom stereocenters. The normalized spacial score (nSPS) is 15.6. The molecule has 0 bridgehead atoms. The molecule has 0 saturated heterocycles. The summed E-state index contributed by atoms with van der Waals surface area (Å²) >= 11 is 0. The van der Waals surface area contributed by atoms with Crippen LogP contribution < -0.4 is 5.32 Å². The molecule has 0 saturated carbocycles. The summed E-state index contributed by atoms with van der Waals surface area (Å²) in [6.45, 7) is 6.37. The van der Waals surface area contributed by atoms with Crippen LogP contribution in [0.2, 0.25) is 0 Å². The van der Waals surface area contributed by atoms with Gasteiger partial charge < -0.3 is 5.32 Å². The molecule has 1 aliphatic heterocycles. The van der Waals surface area contributed by atoms with Gasteiger partial charge in [0, 0.05) is 43.4 Å². The van der Waals surface area contributed by atoms with Crippen molar-refractivity contribution in [2.75, 3.05) is 6.54 Å². The predicted octanol–water partition coefficient (Wildman–Crippen LogP) is 1.32. The summed E-state index contributed by atoms with van der Waals surface area (Å²) < 4.78 is 0. The minimum absolute atomic E-state index is 0.634. The number of fused-ring (bicyclic) bond motifs is 1. The van der Waals surface area contributed by atoms with Gasteiger partial charge in [-0.1, -0.05) is 13.8 Å². The Kier molecular flexibility index (Phi) is 2.77. The van der Waals surface area contributed by atoms with Crippen molar-refractivity contribution in [1.82, 2.24) is 15.3 Å². The summed E-state index contributed by atoms with van der Waals surface area (Å²) in [5, 5.41) is 3.32. The number of rotatable bonds is 2. The first kappa shape index (κ1) is 9.59. The van der Waals surface area contributed by atoms with Crippen LogP contribution in [0.3, 0.4) is 0 Å². The Labute approximate surface area is 85.0 Å². The fourth-order valence-corrected chi connectivity index (χ4v) is 1.74. The Morgan fingerprint density at radius 2 is 2.36 bits per heavy atom. The summed E-state index contributed by atoms with van der Waals surface area (Å²) in [5.74, 6) is 1.63. The van der Waals surface area contributed by atoms with Crippen LogP contribution >= 0.6 is 0 Å². The molecule has 2 heterocycles. The minimum atomic E-state index is 0.634. The quantitative estimate of drug-likeness (QED) is 0.766. The Morgan fingerprint density at radius 3 is 3.14 bits per heavy atom. The van der Waals surface area contributed by atoms with Crippen LogP contribution in [-0.4, -0.2) is 16.5 Å². The lowest BCUT2D eigenvalue weighted by Gasteiger charge is -2.16. The number of hydrogen-bond acceptors (Lipinski definition) is 3. The van der Waals surface area contributed by atoms with E-state index in [0.29, 0.717) is 5.92 Å². The SMILES string of the molecule is CC(C)Cc1ncc2c(n1)CCNC2. The zero-order chi connectivity index (χ0) is 9.97. The van der Waals surface area contributed by atoms with Crippen molar-refractivity contribution in [3.05, 3.63) is 23.3 Å². The molecule has 0 atom stereocenters. The molecule has 1 aromatic rings. The molecule has 0 fully saturated rings. The molecule has 76 valence electrons. The van der Waals surface area contributed by atoms with Crippen LogP contribution in [0, 0.1) is 5.92 Å². The smallest absolute Gasteiger partial charge is 0.128 e. The first-order valence-corrected chi connectivity index (χ1v) is 5.30. The molecule has 14 heavy (non-hydrogen) atoms. The van der Waals surface area contributed by atoms with Crippen molar-refractivity contribution < 1.29 is 0 Å². The summed E-state index contributed by atoms with van der Waals surface area (Å²) in [6.07, 6.45) is 4.01. The van der Waals surface area contributed by atoms with E-state index in [9.17, 15) is 0 Å². The molecule has 1 N–H and O–H groups in total. The first-order valence-electron chi connectivity index (χ1n) is 5.30. The van der Waals surface area contributed by atoms with Gasteiger partial charge in [0.05, 0.1) is 0 Å². The first-order chi connectivity index (χ1) is 6.75. The molecule has 3 nitrogen and oxygen atoms in total. The van der Waals surface area contributed by atoms with Gasteiger partial charge in [0.15, 0.2) is 0 Å². The van der Waals surface area contributed by atoms with Crippen LogP contribution in [0.15, 0.2) is 6.20 Å². The number of nitrogens with one attached hydrogen (secondary N) is 1. The van der Waals surface area contributed by atoms with Crippen molar-refractivity contribution in [2.45, 2.75) is 33.2 Å². The molecule has 2 rings (SSSR count). The Hall–Kier alpha value is -0.960. The van der Waals surface area contributed by atoms with Crippen LogP contribution in [0.4, 0.5) is 0 Å². The molecule has 0 radical (unpaired) electrons. The van der Waals surface area contributed by atoms with E-state index in [1.165, 1.54) is 11.3 Å². The standard InChI is InChI=1S/C11H17N3/c1-8(2)5-11-13-7-9-6-12-4-3-10(9)14-11/h7-8,12H,3-6H2,1-2H3. The highest BCUT2D eigenvalue weighted by molar-refractivity contribution is 5.20. The molecular formula is C11H17N3. The predicted molar refractivity (Wildman–Crippen MR) is 56.0 cm³/mol. The highest BCUT2D eigenvalue weighted by Crippen LogP contribution is 2.11.